The maximum atomic E-state index is 12.7. The van der Waals surface area contributed by atoms with Crippen molar-refractivity contribution in [2.24, 2.45) is 5.92 Å². The Kier molecular flexibility index (Phi) is 7.85. The summed E-state index contributed by atoms with van der Waals surface area (Å²) in [5.74, 6) is -0.679. The third kappa shape index (κ3) is 5.48. The fourth-order valence-corrected chi connectivity index (χ4v) is 5.04. The van der Waals surface area contributed by atoms with Crippen molar-refractivity contribution in [2.45, 2.75) is 50.7 Å². The fraction of sp³-hybridized carbons (Fsp3) is 0.583. The zero-order valence-corrected chi connectivity index (χ0v) is 18.8. The minimum Gasteiger partial charge on any atom is -0.385 e. The van der Waals surface area contributed by atoms with E-state index in [0.717, 1.165) is 55.8 Å². The highest BCUT2D eigenvalue weighted by atomic mass is 16.5. The van der Waals surface area contributed by atoms with Crippen molar-refractivity contribution in [1.82, 2.24) is 15.5 Å². The Morgan fingerprint density at radius 1 is 1.21 bits per heavy atom. The number of imide groups is 1. The zero-order valence-electron chi connectivity index (χ0n) is 18.8. The fourth-order valence-electron chi connectivity index (χ4n) is 5.04. The van der Waals surface area contributed by atoms with Crippen LogP contribution in [0.2, 0.25) is 0 Å². The first-order valence-electron chi connectivity index (χ1n) is 11.8. The number of Topliss-reactive ketones (excluding diaryl/α,β-unsaturated/α-hetero) is 1. The molecule has 0 aromatic heterocycles. The first-order valence-corrected chi connectivity index (χ1v) is 11.8. The molecule has 4 rings (SSSR count). The predicted molar refractivity (Wildman–Crippen MR) is 121 cm³/mol. The number of rotatable bonds is 10. The molecule has 1 aromatic rings. The Bertz CT molecular complexity index is 899. The average molecular weight is 457 g/mol. The summed E-state index contributed by atoms with van der Waals surface area (Å²) in [7, 11) is 0. The van der Waals surface area contributed by atoms with Crippen molar-refractivity contribution in [3.63, 3.8) is 0 Å². The molecule has 2 atom stereocenters. The molecule has 2 amide bonds. The minimum absolute atomic E-state index is 0.216. The molecule has 2 unspecified atom stereocenters. The lowest BCUT2D eigenvalue weighted by Crippen LogP contribution is -2.52. The number of fused-ring (bicyclic) bond motifs is 1. The maximum Gasteiger partial charge on any atom is 0.243 e. The lowest BCUT2D eigenvalue weighted by molar-refractivity contribution is -0.141. The molecule has 33 heavy (non-hydrogen) atoms. The van der Waals surface area contributed by atoms with Gasteiger partial charge < -0.3 is 15.4 Å². The van der Waals surface area contributed by atoms with E-state index in [2.05, 4.69) is 16.0 Å². The molecule has 0 radical (unpaired) electrons. The van der Waals surface area contributed by atoms with Crippen LogP contribution in [-0.2, 0) is 30.5 Å². The largest absolute Gasteiger partial charge is 0.385 e. The van der Waals surface area contributed by atoms with Gasteiger partial charge in [-0.1, -0.05) is 12.1 Å². The van der Waals surface area contributed by atoms with E-state index in [1.54, 1.807) is 4.90 Å². The Labute approximate surface area is 193 Å². The number of ether oxygens (including phenoxy) is 1. The first-order chi connectivity index (χ1) is 16.1. The van der Waals surface area contributed by atoms with Gasteiger partial charge >= 0.3 is 0 Å². The van der Waals surface area contributed by atoms with Gasteiger partial charge in [-0.05, 0) is 56.3 Å². The van der Waals surface area contributed by atoms with Crippen LogP contribution in [-0.4, -0.2) is 67.7 Å². The normalized spacial score (nSPS) is 23.8. The van der Waals surface area contributed by atoms with Crippen molar-refractivity contribution >= 4 is 29.6 Å². The van der Waals surface area contributed by atoms with Crippen LogP contribution in [0, 0.1) is 5.92 Å². The number of carbonyl (C=O) groups is 4. The van der Waals surface area contributed by atoms with Gasteiger partial charge in [0.25, 0.3) is 0 Å². The van der Waals surface area contributed by atoms with Crippen molar-refractivity contribution in [3.8, 4) is 0 Å². The number of amides is 2. The number of hydrogen-bond acceptors (Lipinski definition) is 8. The summed E-state index contributed by atoms with van der Waals surface area (Å²) in [6.07, 6.45) is 4.00. The summed E-state index contributed by atoms with van der Waals surface area (Å²) < 4.78 is 5.85. The lowest BCUT2D eigenvalue weighted by Gasteiger charge is -2.33. The Morgan fingerprint density at radius 2 is 2.03 bits per heavy atom. The van der Waals surface area contributed by atoms with Gasteiger partial charge in [0.15, 0.2) is 6.29 Å². The average Bonchev–Trinajstić information content (AvgIpc) is 3.21. The molecule has 3 N–H and O–H groups in total. The van der Waals surface area contributed by atoms with Gasteiger partial charge in [0.1, 0.15) is 6.04 Å². The number of carbonyl (C=O) groups excluding carboxylic acids is 4. The third-order valence-corrected chi connectivity index (χ3v) is 6.74. The molecule has 0 saturated carbocycles. The highest BCUT2D eigenvalue weighted by Crippen LogP contribution is 2.41. The molecular weight excluding hydrogens is 424 g/mol. The molecule has 3 heterocycles. The Hall–Kier alpha value is -2.62. The van der Waals surface area contributed by atoms with Gasteiger partial charge in [-0.25, -0.2) is 0 Å². The number of piperidine rings is 2. The van der Waals surface area contributed by atoms with Gasteiger partial charge in [-0.15, -0.1) is 0 Å². The van der Waals surface area contributed by atoms with E-state index in [4.69, 9.17) is 4.74 Å². The monoisotopic (exact) mass is 456 g/mol. The van der Waals surface area contributed by atoms with Gasteiger partial charge in [0.2, 0.25) is 17.6 Å². The van der Waals surface area contributed by atoms with Crippen LogP contribution in [0.1, 0.15) is 49.3 Å². The van der Waals surface area contributed by atoms with Crippen LogP contribution in [0.25, 0.3) is 0 Å². The zero-order chi connectivity index (χ0) is 23.2. The molecule has 9 nitrogen and oxygen atoms in total. The smallest absolute Gasteiger partial charge is 0.243 e. The van der Waals surface area contributed by atoms with Gasteiger partial charge in [-0.2, -0.15) is 0 Å². The second-order valence-electron chi connectivity index (χ2n) is 8.99. The van der Waals surface area contributed by atoms with E-state index in [9.17, 15) is 19.2 Å². The predicted octanol–water partition coefficient (Wildman–Crippen LogP) is 0.935. The van der Waals surface area contributed by atoms with Crippen molar-refractivity contribution in [2.75, 3.05) is 38.2 Å². The first kappa shape index (κ1) is 23.5. The van der Waals surface area contributed by atoms with Crippen molar-refractivity contribution in [1.29, 1.82) is 0 Å². The molecule has 0 aliphatic carbocycles. The molecule has 9 heteroatoms. The van der Waals surface area contributed by atoms with Crippen LogP contribution >= 0.6 is 0 Å². The van der Waals surface area contributed by atoms with Crippen molar-refractivity contribution < 1.29 is 23.9 Å². The Balaban J connectivity index is 1.38. The minimum atomic E-state index is -0.832. The standard InChI is InChI=1S/C24H32N4O5/c29-14-20(30)23-22-17(13-28(23)19-5-6-21(31)27-24(19)32)3-1-4-18(22)26-9-2-12-33-15-16-7-10-25-11-8-16/h1,3-4,14,16,19,23,25-26H,2,5-13,15H2,(H,27,31,32). The Morgan fingerprint density at radius 3 is 2.79 bits per heavy atom. The number of hydrogen-bond donors (Lipinski definition) is 3. The summed E-state index contributed by atoms with van der Waals surface area (Å²) in [5, 5.41) is 9.10. The van der Waals surface area contributed by atoms with E-state index < -0.39 is 23.8 Å². The van der Waals surface area contributed by atoms with Crippen LogP contribution in [0.3, 0.4) is 0 Å². The number of ketones is 1. The summed E-state index contributed by atoms with van der Waals surface area (Å²) in [6.45, 7) is 4.62. The summed E-state index contributed by atoms with van der Waals surface area (Å²) in [6, 6.07) is 4.26. The molecule has 0 bridgehead atoms. The third-order valence-electron chi connectivity index (χ3n) is 6.74. The lowest BCUT2D eigenvalue weighted by atomic mass is 9.97. The number of nitrogens with zero attached hydrogens (tertiary/aromatic N) is 1. The van der Waals surface area contributed by atoms with E-state index in [0.29, 0.717) is 38.3 Å². The molecule has 1 aromatic carbocycles. The number of benzene rings is 1. The molecule has 0 spiro atoms. The van der Waals surface area contributed by atoms with Gasteiger partial charge in [-0.3, -0.25) is 29.4 Å². The molecule has 178 valence electrons. The second-order valence-corrected chi connectivity index (χ2v) is 8.99. The number of anilines is 1. The molecular formula is C24H32N4O5. The molecule has 3 aliphatic heterocycles. The van der Waals surface area contributed by atoms with Crippen LogP contribution in [0.4, 0.5) is 5.69 Å². The number of aldehydes is 1. The van der Waals surface area contributed by atoms with E-state index >= 15 is 0 Å². The van der Waals surface area contributed by atoms with Crippen LogP contribution in [0.5, 0.6) is 0 Å². The SMILES string of the molecule is O=CC(=O)C1c2c(cccc2NCCCOCC2CCNCC2)CN1C1CCC(=O)NC1=O. The highest BCUT2D eigenvalue weighted by Gasteiger charge is 2.44. The molecule has 2 fully saturated rings. The van der Waals surface area contributed by atoms with Crippen LogP contribution < -0.4 is 16.0 Å². The topological polar surface area (TPSA) is 117 Å². The van der Waals surface area contributed by atoms with Gasteiger partial charge in [0.05, 0.1) is 6.04 Å². The van der Waals surface area contributed by atoms with Crippen molar-refractivity contribution in [3.05, 3.63) is 29.3 Å². The number of nitrogens with one attached hydrogen (secondary N) is 3. The summed E-state index contributed by atoms with van der Waals surface area (Å²) >= 11 is 0. The van der Waals surface area contributed by atoms with E-state index in [-0.39, 0.29) is 12.3 Å². The highest BCUT2D eigenvalue weighted by molar-refractivity contribution is 6.28. The summed E-state index contributed by atoms with van der Waals surface area (Å²) in [4.78, 5) is 49.9. The van der Waals surface area contributed by atoms with Gasteiger partial charge in [0, 0.05) is 44.0 Å². The van der Waals surface area contributed by atoms with E-state index in [1.807, 2.05) is 18.2 Å². The maximum absolute atomic E-state index is 12.7. The van der Waals surface area contributed by atoms with E-state index in [1.165, 1.54) is 0 Å². The van der Waals surface area contributed by atoms with Crippen LogP contribution in [0.15, 0.2) is 18.2 Å². The molecule has 2 saturated heterocycles. The molecule has 3 aliphatic rings. The summed E-state index contributed by atoms with van der Waals surface area (Å²) in [5.41, 5.74) is 2.45. The second kappa shape index (κ2) is 11.0. The quantitative estimate of drug-likeness (QED) is 0.206.